The fourth-order valence-corrected chi connectivity index (χ4v) is 3.97. The number of thioether (sulfide) groups is 1. The first-order valence-corrected chi connectivity index (χ1v) is 9.31. The molecule has 2 fully saturated rings. The van der Waals surface area contributed by atoms with E-state index in [9.17, 15) is 4.79 Å². The van der Waals surface area contributed by atoms with E-state index in [1.807, 2.05) is 17.2 Å². The molecule has 1 atom stereocenters. The molecule has 1 unspecified atom stereocenters. The average molecular weight is 336 g/mol. The molecular formula is C16H24N4O2S. The van der Waals surface area contributed by atoms with Gasteiger partial charge in [0, 0.05) is 39.5 Å². The van der Waals surface area contributed by atoms with Gasteiger partial charge >= 0.3 is 0 Å². The van der Waals surface area contributed by atoms with E-state index in [4.69, 9.17) is 4.74 Å². The van der Waals surface area contributed by atoms with Gasteiger partial charge in [0.05, 0.1) is 12.0 Å². The maximum atomic E-state index is 13.0. The lowest BCUT2D eigenvalue weighted by molar-refractivity contribution is -0.145. The molecule has 0 N–H and O–H groups in total. The van der Waals surface area contributed by atoms with Crippen molar-refractivity contribution in [1.82, 2.24) is 14.9 Å². The molecule has 6 nitrogen and oxygen atoms in total. The van der Waals surface area contributed by atoms with E-state index in [0.29, 0.717) is 19.1 Å². The van der Waals surface area contributed by atoms with Crippen LogP contribution in [-0.4, -0.2) is 66.9 Å². The molecule has 1 amide bonds. The van der Waals surface area contributed by atoms with Gasteiger partial charge in [0.1, 0.15) is 5.82 Å². The number of amides is 1. The van der Waals surface area contributed by atoms with E-state index in [2.05, 4.69) is 14.9 Å². The Morgan fingerprint density at radius 1 is 1.39 bits per heavy atom. The van der Waals surface area contributed by atoms with Crippen molar-refractivity contribution in [2.75, 3.05) is 51.1 Å². The number of aromatic nitrogens is 2. The number of piperidine rings is 1. The third-order valence-electron chi connectivity index (χ3n) is 4.87. The molecule has 1 aromatic heterocycles. The monoisotopic (exact) mass is 336 g/mol. The maximum absolute atomic E-state index is 13.0. The highest BCUT2D eigenvalue weighted by Gasteiger charge is 2.48. The number of anilines is 1. The topological polar surface area (TPSA) is 58.6 Å². The second-order valence-electron chi connectivity index (χ2n) is 6.24. The van der Waals surface area contributed by atoms with Gasteiger partial charge in [-0.25, -0.2) is 9.97 Å². The summed E-state index contributed by atoms with van der Waals surface area (Å²) in [6.07, 6.45) is 6.74. The summed E-state index contributed by atoms with van der Waals surface area (Å²) in [5.41, 5.74) is -0.240. The maximum Gasteiger partial charge on any atom is 0.230 e. The zero-order valence-electron chi connectivity index (χ0n) is 13.8. The minimum atomic E-state index is -0.240. The lowest BCUT2D eigenvalue weighted by Crippen LogP contribution is -2.51. The standard InChI is InChI=1S/C16H24N4O2S/c1-22-11-10-19-8-3-5-16(14(19)21)6-9-20(12-16)13-4-7-17-15(18-13)23-2/h4,7H,3,5-6,8-12H2,1-2H3. The predicted molar refractivity (Wildman–Crippen MR) is 90.8 cm³/mol. The summed E-state index contributed by atoms with van der Waals surface area (Å²) in [6, 6.07) is 1.94. The minimum absolute atomic E-state index is 0.240. The molecule has 3 heterocycles. The molecule has 23 heavy (non-hydrogen) atoms. The summed E-state index contributed by atoms with van der Waals surface area (Å²) >= 11 is 1.54. The van der Waals surface area contributed by atoms with Gasteiger partial charge in [-0.2, -0.15) is 0 Å². The molecule has 1 spiro atoms. The Labute approximate surface area is 141 Å². The van der Waals surface area contributed by atoms with E-state index in [1.54, 1.807) is 25.1 Å². The zero-order valence-corrected chi connectivity index (χ0v) is 14.6. The molecular weight excluding hydrogens is 312 g/mol. The number of rotatable bonds is 5. The Kier molecular flexibility index (Phi) is 5.06. The van der Waals surface area contributed by atoms with Gasteiger partial charge in [-0.15, -0.1) is 0 Å². The van der Waals surface area contributed by atoms with Gasteiger partial charge in [0.15, 0.2) is 5.16 Å². The van der Waals surface area contributed by atoms with E-state index in [0.717, 1.165) is 49.9 Å². The number of carbonyl (C=O) groups is 1. The second-order valence-corrected chi connectivity index (χ2v) is 7.02. The van der Waals surface area contributed by atoms with Crippen LogP contribution in [0.4, 0.5) is 5.82 Å². The van der Waals surface area contributed by atoms with E-state index in [1.165, 1.54) is 0 Å². The lowest BCUT2D eigenvalue weighted by atomic mass is 9.78. The van der Waals surface area contributed by atoms with Crippen molar-refractivity contribution in [3.05, 3.63) is 12.3 Å². The first-order chi connectivity index (χ1) is 11.2. The SMILES string of the molecule is COCCN1CCCC2(CCN(c3ccnc(SC)n3)C2)C1=O. The van der Waals surface area contributed by atoms with Crippen LogP contribution in [0.3, 0.4) is 0 Å². The van der Waals surface area contributed by atoms with E-state index in [-0.39, 0.29) is 5.41 Å². The molecule has 0 aliphatic carbocycles. The number of nitrogens with zero attached hydrogens (tertiary/aromatic N) is 4. The molecule has 0 saturated carbocycles. The van der Waals surface area contributed by atoms with Crippen LogP contribution in [0.15, 0.2) is 17.4 Å². The van der Waals surface area contributed by atoms with E-state index >= 15 is 0 Å². The summed E-state index contributed by atoms with van der Waals surface area (Å²) in [4.78, 5) is 26.0. The first kappa shape index (κ1) is 16.5. The first-order valence-electron chi connectivity index (χ1n) is 8.09. The smallest absolute Gasteiger partial charge is 0.230 e. The molecule has 2 aliphatic rings. The van der Waals surface area contributed by atoms with Crippen LogP contribution in [0.5, 0.6) is 0 Å². The van der Waals surface area contributed by atoms with Gasteiger partial charge in [0.2, 0.25) is 5.91 Å². The van der Waals surface area contributed by atoms with Gasteiger partial charge in [-0.05, 0) is 31.6 Å². The molecule has 0 radical (unpaired) electrons. The van der Waals surface area contributed by atoms with Gasteiger partial charge in [-0.1, -0.05) is 11.8 Å². The summed E-state index contributed by atoms with van der Waals surface area (Å²) in [7, 11) is 1.68. The molecule has 7 heteroatoms. The van der Waals surface area contributed by atoms with Gasteiger partial charge in [0.25, 0.3) is 0 Å². The fraction of sp³-hybridized carbons (Fsp3) is 0.688. The highest BCUT2D eigenvalue weighted by Crippen LogP contribution is 2.41. The fourth-order valence-electron chi connectivity index (χ4n) is 3.62. The molecule has 126 valence electrons. The predicted octanol–water partition coefficient (Wildman–Crippen LogP) is 1.66. The molecule has 1 aromatic rings. The Morgan fingerprint density at radius 3 is 3.04 bits per heavy atom. The van der Waals surface area contributed by atoms with Crippen LogP contribution in [-0.2, 0) is 9.53 Å². The van der Waals surface area contributed by atoms with Crippen molar-refractivity contribution in [2.24, 2.45) is 5.41 Å². The number of ether oxygens (including phenoxy) is 1. The Balaban J connectivity index is 1.73. The highest BCUT2D eigenvalue weighted by atomic mass is 32.2. The van der Waals surface area contributed by atoms with Crippen LogP contribution in [0.1, 0.15) is 19.3 Å². The number of hydrogen-bond acceptors (Lipinski definition) is 6. The van der Waals surface area contributed by atoms with Crippen molar-refractivity contribution in [3.63, 3.8) is 0 Å². The van der Waals surface area contributed by atoms with Crippen LogP contribution < -0.4 is 4.90 Å². The van der Waals surface area contributed by atoms with Crippen LogP contribution in [0.2, 0.25) is 0 Å². The summed E-state index contributed by atoms with van der Waals surface area (Å²) in [5, 5.41) is 0.778. The van der Waals surface area contributed by atoms with Crippen LogP contribution in [0, 0.1) is 5.41 Å². The molecule has 2 saturated heterocycles. The Bertz CT molecular complexity index is 571. The van der Waals surface area contributed by atoms with E-state index < -0.39 is 0 Å². The zero-order chi connectivity index (χ0) is 16.3. The van der Waals surface area contributed by atoms with Crippen molar-refractivity contribution in [3.8, 4) is 0 Å². The summed E-state index contributed by atoms with van der Waals surface area (Å²) in [5.74, 6) is 1.23. The molecule has 0 bridgehead atoms. The summed E-state index contributed by atoms with van der Waals surface area (Å²) < 4.78 is 5.14. The van der Waals surface area contributed by atoms with Crippen LogP contribution in [0.25, 0.3) is 0 Å². The number of carbonyl (C=O) groups excluding carboxylic acids is 1. The van der Waals surface area contributed by atoms with Crippen molar-refractivity contribution < 1.29 is 9.53 Å². The summed E-state index contributed by atoms with van der Waals surface area (Å²) in [6.45, 7) is 3.80. The third-order valence-corrected chi connectivity index (χ3v) is 5.43. The van der Waals surface area contributed by atoms with Gasteiger partial charge in [-0.3, -0.25) is 4.79 Å². The van der Waals surface area contributed by atoms with Gasteiger partial charge < -0.3 is 14.5 Å². The molecule has 2 aliphatic heterocycles. The number of methoxy groups -OCH3 is 1. The average Bonchev–Trinajstić information content (AvgIpc) is 3.02. The van der Waals surface area contributed by atoms with Crippen molar-refractivity contribution >= 4 is 23.5 Å². The number of hydrogen-bond donors (Lipinski definition) is 0. The van der Waals surface area contributed by atoms with Crippen molar-refractivity contribution in [2.45, 2.75) is 24.4 Å². The molecule has 0 aromatic carbocycles. The Hall–Kier alpha value is -1.34. The third kappa shape index (κ3) is 3.30. The quantitative estimate of drug-likeness (QED) is 0.602. The highest BCUT2D eigenvalue weighted by molar-refractivity contribution is 7.98. The Morgan fingerprint density at radius 2 is 2.26 bits per heavy atom. The minimum Gasteiger partial charge on any atom is -0.383 e. The second kappa shape index (κ2) is 7.05. The van der Waals surface area contributed by atoms with Crippen molar-refractivity contribution in [1.29, 1.82) is 0 Å². The lowest BCUT2D eigenvalue weighted by Gasteiger charge is -2.39. The van der Waals surface area contributed by atoms with Crippen LogP contribution >= 0.6 is 11.8 Å². The normalized spacial score (nSPS) is 24.7. The number of likely N-dealkylation sites (tertiary alicyclic amines) is 1. The molecule has 3 rings (SSSR count). The largest absolute Gasteiger partial charge is 0.383 e.